The lowest BCUT2D eigenvalue weighted by atomic mass is 10.2. The number of nitrogens with zero attached hydrogens (tertiary/aromatic N) is 2. The molecule has 0 spiro atoms. The number of benzene rings is 2. The second-order valence-electron chi connectivity index (χ2n) is 6.55. The lowest BCUT2D eigenvalue weighted by molar-refractivity contribution is -0.132. The van der Waals surface area contributed by atoms with E-state index in [2.05, 4.69) is 66.4 Å². The van der Waals surface area contributed by atoms with Gasteiger partial charge in [-0.3, -0.25) is 9.69 Å². The largest absolute Gasteiger partial charge is 0.340 e. The highest BCUT2D eigenvalue weighted by molar-refractivity contribution is 7.99. The van der Waals surface area contributed by atoms with Gasteiger partial charge < -0.3 is 4.90 Å². The predicted molar refractivity (Wildman–Crippen MR) is 105 cm³/mol. The molecule has 1 aliphatic heterocycles. The fraction of sp³-hybridized carbons (Fsp3) is 0.381. The lowest BCUT2D eigenvalue weighted by Gasteiger charge is -2.34. The van der Waals surface area contributed by atoms with E-state index in [9.17, 15) is 4.79 Å². The molecule has 1 heterocycles. The predicted octanol–water partition coefficient (Wildman–Crippen LogP) is 3.82. The van der Waals surface area contributed by atoms with Crippen LogP contribution in [0.2, 0.25) is 0 Å². The number of rotatable bonds is 6. The van der Waals surface area contributed by atoms with Gasteiger partial charge in [0.2, 0.25) is 5.91 Å². The van der Waals surface area contributed by atoms with Crippen molar-refractivity contribution in [2.75, 3.05) is 31.9 Å². The van der Waals surface area contributed by atoms with E-state index in [1.807, 2.05) is 4.90 Å². The Hall–Kier alpha value is -1.78. The number of carbonyl (C=O) groups is 1. The van der Waals surface area contributed by atoms with Crippen molar-refractivity contribution in [1.82, 2.24) is 9.80 Å². The highest BCUT2D eigenvalue weighted by atomic mass is 32.2. The van der Waals surface area contributed by atoms with Crippen LogP contribution in [0.3, 0.4) is 0 Å². The molecule has 0 saturated carbocycles. The average Bonchev–Trinajstić information content (AvgIpc) is 2.65. The Kier molecular flexibility index (Phi) is 6.54. The topological polar surface area (TPSA) is 23.6 Å². The van der Waals surface area contributed by atoms with Crippen molar-refractivity contribution in [3.05, 3.63) is 65.7 Å². The van der Waals surface area contributed by atoms with Gasteiger partial charge in [-0.05, 0) is 24.6 Å². The molecule has 4 heteroatoms. The van der Waals surface area contributed by atoms with Crippen LogP contribution in [0.15, 0.2) is 59.5 Å². The van der Waals surface area contributed by atoms with Crippen LogP contribution >= 0.6 is 11.8 Å². The molecule has 25 heavy (non-hydrogen) atoms. The molecule has 2 aromatic rings. The molecule has 1 fully saturated rings. The highest BCUT2D eigenvalue weighted by Gasteiger charge is 2.20. The second-order valence-corrected chi connectivity index (χ2v) is 7.72. The number of thioether (sulfide) groups is 1. The molecule has 3 nitrogen and oxygen atoms in total. The number of amides is 1. The van der Waals surface area contributed by atoms with Crippen LogP contribution in [0.25, 0.3) is 0 Å². The maximum Gasteiger partial charge on any atom is 0.223 e. The van der Waals surface area contributed by atoms with Gasteiger partial charge in [0.25, 0.3) is 0 Å². The van der Waals surface area contributed by atoms with Gasteiger partial charge in [0, 0.05) is 49.8 Å². The zero-order valence-corrected chi connectivity index (χ0v) is 15.7. The Labute approximate surface area is 155 Å². The second kappa shape index (κ2) is 9.07. The van der Waals surface area contributed by atoms with Crippen molar-refractivity contribution >= 4 is 17.7 Å². The number of hydrogen-bond acceptors (Lipinski definition) is 3. The number of carbonyl (C=O) groups excluding carboxylic acids is 1. The molecule has 0 aromatic heterocycles. The van der Waals surface area contributed by atoms with Gasteiger partial charge in [-0.2, -0.15) is 0 Å². The molecule has 0 N–H and O–H groups in total. The molecule has 2 aromatic carbocycles. The molecule has 0 atom stereocenters. The molecule has 132 valence electrons. The van der Waals surface area contributed by atoms with Crippen LogP contribution in [-0.2, 0) is 11.3 Å². The van der Waals surface area contributed by atoms with Crippen LogP contribution in [-0.4, -0.2) is 47.6 Å². The van der Waals surface area contributed by atoms with E-state index in [0.717, 1.165) is 38.5 Å². The van der Waals surface area contributed by atoms with Crippen molar-refractivity contribution in [1.29, 1.82) is 0 Å². The Morgan fingerprint density at radius 2 is 1.64 bits per heavy atom. The van der Waals surface area contributed by atoms with Crippen molar-refractivity contribution in [2.45, 2.75) is 24.8 Å². The van der Waals surface area contributed by atoms with E-state index in [4.69, 9.17) is 0 Å². The third-order valence-corrected chi connectivity index (χ3v) is 5.59. The van der Waals surface area contributed by atoms with Gasteiger partial charge in [0.1, 0.15) is 0 Å². The molecule has 1 saturated heterocycles. The van der Waals surface area contributed by atoms with Gasteiger partial charge >= 0.3 is 0 Å². The number of piperazine rings is 1. The first kappa shape index (κ1) is 18.0. The third-order valence-electron chi connectivity index (χ3n) is 4.58. The van der Waals surface area contributed by atoms with Crippen LogP contribution in [0, 0.1) is 6.92 Å². The lowest BCUT2D eigenvalue weighted by Crippen LogP contribution is -2.48. The third kappa shape index (κ3) is 5.62. The summed E-state index contributed by atoms with van der Waals surface area (Å²) in [6.45, 7) is 6.70. The Morgan fingerprint density at radius 1 is 0.960 bits per heavy atom. The summed E-state index contributed by atoms with van der Waals surface area (Å²) in [5, 5.41) is 0. The minimum Gasteiger partial charge on any atom is -0.340 e. The van der Waals surface area contributed by atoms with Crippen molar-refractivity contribution in [2.24, 2.45) is 0 Å². The van der Waals surface area contributed by atoms with E-state index in [1.54, 1.807) is 11.8 Å². The summed E-state index contributed by atoms with van der Waals surface area (Å²) in [6, 6.07) is 19.1. The smallest absolute Gasteiger partial charge is 0.223 e. The molecule has 0 unspecified atom stereocenters. The summed E-state index contributed by atoms with van der Waals surface area (Å²) >= 11 is 1.77. The average molecular weight is 355 g/mol. The van der Waals surface area contributed by atoms with E-state index in [-0.39, 0.29) is 0 Å². The maximum atomic E-state index is 12.4. The summed E-state index contributed by atoms with van der Waals surface area (Å²) in [6.07, 6.45) is 0.622. The van der Waals surface area contributed by atoms with Crippen LogP contribution in [0.5, 0.6) is 0 Å². The molecule has 1 aliphatic rings. The number of aryl methyl sites for hydroxylation is 1. The summed E-state index contributed by atoms with van der Waals surface area (Å²) in [5.41, 5.74) is 2.62. The summed E-state index contributed by atoms with van der Waals surface area (Å²) in [4.78, 5) is 18.1. The highest BCUT2D eigenvalue weighted by Crippen LogP contribution is 2.19. The zero-order chi connectivity index (χ0) is 17.5. The van der Waals surface area contributed by atoms with E-state index in [1.165, 1.54) is 16.0 Å². The van der Waals surface area contributed by atoms with Gasteiger partial charge in [-0.15, -0.1) is 11.8 Å². The van der Waals surface area contributed by atoms with Crippen molar-refractivity contribution in [3.63, 3.8) is 0 Å². The van der Waals surface area contributed by atoms with Crippen LogP contribution in [0.1, 0.15) is 17.5 Å². The summed E-state index contributed by atoms with van der Waals surface area (Å²) in [7, 11) is 0. The quantitative estimate of drug-likeness (QED) is 0.737. The first-order valence-corrected chi connectivity index (χ1v) is 9.93. The van der Waals surface area contributed by atoms with Crippen LogP contribution < -0.4 is 0 Å². The molecular weight excluding hydrogens is 328 g/mol. The Balaban J connectivity index is 1.37. The maximum absolute atomic E-state index is 12.4. The van der Waals surface area contributed by atoms with Gasteiger partial charge in [0.05, 0.1) is 0 Å². The molecule has 0 radical (unpaired) electrons. The fourth-order valence-corrected chi connectivity index (χ4v) is 3.89. The first-order valence-electron chi connectivity index (χ1n) is 8.94. The number of hydrogen-bond donors (Lipinski definition) is 0. The molecule has 0 bridgehead atoms. The minimum atomic E-state index is 0.291. The van der Waals surface area contributed by atoms with Crippen LogP contribution in [0.4, 0.5) is 0 Å². The summed E-state index contributed by atoms with van der Waals surface area (Å²) in [5.74, 6) is 1.14. The Morgan fingerprint density at radius 3 is 2.32 bits per heavy atom. The van der Waals surface area contributed by atoms with Gasteiger partial charge in [-0.25, -0.2) is 0 Å². The molecule has 1 amide bonds. The van der Waals surface area contributed by atoms with E-state index >= 15 is 0 Å². The Bertz CT molecular complexity index is 664. The van der Waals surface area contributed by atoms with Gasteiger partial charge in [-0.1, -0.05) is 48.0 Å². The van der Waals surface area contributed by atoms with Crippen molar-refractivity contribution < 1.29 is 4.79 Å². The minimum absolute atomic E-state index is 0.291. The van der Waals surface area contributed by atoms with E-state index < -0.39 is 0 Å². The fourth-order valence-electron chi connectivity index (χ4n) is 3.05. The van der Waals surface area contributed by atoms with Gasteiger partial charge in [0.15, 0.2) is 0 Å². The normalized spacial score (nSPS) is 15.3. The monoisotopic (exact) mass is 354 g/mol. The SMILES string of the molecule is Cc1ccc(SCCC(=O)N2CCN(Cc3ccccc3)CC2)cc1. The zero-order valence-electron chi connectivity index (χ0n) is 14.9. The molecule has 3 rings (SSSR count). The first-order chi connectivity index (χ1) is 12.2. The molecular formula is C21H26N2OS. The van der Waals surface area contributed by atoms with E-state index in [0.29, 0.717) is 12.3 Å². The summed E-state index contributed by atoms with van der Waals surface area (Å²) < 4.78 is 0. The standard InChI is InChI=1S/C21H26N2OS/c1-18-7-9-20(10-8-18)25-16-11-21(24)23-14-12-22(13-15-23)17-19-5-3-2-4-6-19/h2-10H,11-17H2,1H3. The van der Waals surface area contributed by atoms with Crippen molar-refractivity contribution in [3.8, 4) is 0 Å². The molecule has 0 aliphatic carbocycles.